The first-order valence-corrected chi connectivity index (χ1v) is 8.30. The minimum Gasteiger partial charge on any atom is -0.346 e. The minimum atomic E-state index is -0.298. The van der Waals surface area contributed by atoms with Crippen molar-refractivity contribution in [1.29, 1.82) is 0 Å². The van der Waals surface area contributed by atoms with Gasteiger partial charge in [0.2, 0.25) is 5.91 Å². The van der Waals surface area contributed by atoms with Gasteiger partial charge in [0.15, 0.2) is 0 Å². The normalized spacial score (nSPS) is 14.8. The molecular formula is C17H20N6O2. The van der Waals surface area contributed by atoms with Crippen LogP contribution in [0.5, 0.6) is 0 Å². The first kappa shape index (κ1) is 16.8. The number of aromatic nitrogens is 4. The van der Waals surface area contributed by atoms with Crippen molar-refractivity contribution in [2.24, 2.45) is 0 Å². The van der Waals surface area contributed by atoms with E-state index < -0.39 is 0 Å². The molecule has 2 N–H and O–H groups in total. The molecule has 2 aromatic rings. The molecule has 1 heterocycles. The van der Waals surface area contributed by atoms with Gasteiger partial charge in [-0.25, -0.2) is 0 Å². The molecule has 1 aliphatic carbocycles. The molecule has 1 fully saturated rings. The second-order valence-corrected chi connectivity index (χ2v) is 5.89. The van der Waals surface area contributed by atoms with Crippen LogP contribution in [0.25, 0.3) is 5.69 Å². The third kappa shape index (κ3) is 4.28. The highest BCUT2D eigenvalue weighted by molar-refractivity contribution is 5.99. The van der Waals surface area contributed by atoms with Gasteiger partial charge in [-0.2, -0.15) is 0 Å². The van der Waals surface area contributed by atoms with Crippen molar-refractivity contribution >= 4 is 17.5 Å². The first-order chi connectivity index (χ1) is 12.2. The number of hydrogen-bond acceptors (Lipinski definition) is 5. The smallest absolute Gasteiger partial charge is 0.293 e. The zero-order valence-corrected chi connectivity index (χ0v) is 14.0. The molecule has 3 rings (SSSR count). The quantitative estimate of drug-likeness (QED) is 0.809. The van der Waals surface area contributed by atoms with Gasteiger partial charge in [-0.1, -0.05) is 18.9 Å². The van der Waals surface area contributed by atoms with Gasteiger partial charge in [-0.05, 0) is 55.3 Å². The molecule has 0 spiro atoms. The fraction of sp³-hybridized carbons (Fsp3) is 0.353. The Labute approximate surface area is 145 Å². The van der Waals surface area contributed by atoms with Crippen molar-refractivity contribution in [3.8, 4) is 5.69 Å². The lowest BCUT2D eigenvalue weighted by molar-refractivity contribution is -0.111. The maximum atomic E-state index is 12.1. The van der Waals surface area contributed by atoms with E-state index in [4.69, 9.17) is 0 Å². The molecule has 1 saturated carbocycles. The van der Waals surface area contributed by atoms with E-state index in [0.29, 0.717) is 11.4 Å². The Bertz CT molecular complexity index is 775. The fourth-order valence-corrected chi connectivity index (χ4v) is 2.75. The van der Waals surface area contributed by atoms with Crippen LogP contribution in [-0.4, -0.2) is 38.1 Å². The summed E-state index contributed by atoms with van der Waals surface area (Å²) in [6.45, 7) is 1.78. The predicted octanol–water partition coefficient (Wildman–Crippen LogP) is 1.85. The number of nitrogens with one attached hydrogen (secondary N) is 2. The van der Waals surface area contributed by atoms with Crippen LogP contribution in [0.2, 0.25) is 0 Å². The Morgan fingerprint density at radius 2 is 1.92 bits per heavy atom. The monoisotopic (exact) mass is 340 g/mol. The number of carbonyl (C=O) groups is 2. The summed E-state index contributed by atoms with van der Waals surface area (Å²) in [6.07, 6.45) is 7.40. The van der Waals surface area contributed by atoms with Gasteiger partial charge < -0.3 is 10.6 Å². The molecule has 1 aliphatic rings. The average Bonchev–Trinajstić information content (AvgIpc) is 3.27. The van der Waals surface area contributed by atoms with Crippen LogP contribution < -0.4 is 10.6 Å². The lowest BCUT2D eigenvalue weighted by Crippen LogP contribution is -2.33. The zero-order valence-electron chi connectivity index (χ0n) is 14.0. The largest absolute Gasteiger partial charge is 0.346 e. The third-order valence-electron chi connectivity index (χ3n) is 3.99. The Balaban J connectivity index is 1.65. The SMILES string of the molecule is C/C=C/C(=O)Nc1ccc(-n2nnc(C(=O)NC3CCCC3)n2)cc1. The topological polar surface area (TPSA) is 102 Å². The molecule has 25 heavy (non-hydrogen) atoms. The number of hydrogen-bond donors (Lipinski definition) is 2. The first-order valence-electron chi connectivity index (χ1n) is 8.30. The summed E-state index contributed by atoms with van der Waals surface area (Å²) in [6, 6.07) is 7.16. The third-order valence-corrected chi connectivity index (χ3v) is 3.99. The van der Waals surface area contributed by atoms with Crippen LogP contribution in [0, 0.1) is 0 Å². The van der Waals surface area contributed by atoms with E-state index >= 15 is 0 Å². The number of allylic oxidation sites excluding steroid dienone is 1. The fourth-order valence-electron chi connectivity index (χ4n) is 2.75. The van der Waals surface area contributed by atoms with E-state index in [1.54, 1.807) is 37.3 Å². The lowest BCUT2D eigenvalue weighted by atomic mass is 10.2. The van der Waals surface area contributed by atoms with Crippen molar-refractivity contribution in [2.75, 3.05) is 5.32 Å². The van der Waals surface area contributed by atoms with Crippen molar-refractivity contribution < 1.29 is 9.59 Å². The van der Waals surface area contributed by atoms with Crippen LogP contribution in [0.15, 0.2) is 36.4 Å². The van der Waals surface area contributed by atoms with E-state index in [0.717, 1.165) is 25.7 Å². The van der Waals surface area contributed by atoms with E-state index in [9.17, 15) is 9.59 Å². The highest BCUT2D eigenvalue weighted by Crippen LogP contribution is 2.18. The molecule has 1 aromatic carbocycles. The molecule has 0 radical (unpaired) electrons. The second kappa shape index (κ2) is 7.69. The van der Waals surface area contributed by atoms with Crippen LogP contribution >= 0.6 is 0 Å². The van der Waals surface area contributed by atoms with Gasteiger partial charge in [-0.15, -0.1) is 15.0 Å². The van der Waals surface area contributed by atoms with E-state index in [1.165, 1.54) is 10.9 Å². The molecule has 0 aliphatic heterocycles. The van der Waals surface area contributed by atoms with Gasteiger partial charge in [0.1, 0.15) is 0 Å². The summed E-state index contributed by atoms with van der Waals surface area (Å²) in [5.41, 5.74) is 1.31. The van der Waals surface area contributed by atoms with Crippen molar-refractivity contribution in [3.05, 3.63) is 42.2 Å². The number of carbonyl (C=O) groups excluding carboxylic acids is 2. The summed E-state index contributed by atoms with van der Waals surface area (Å²) in [7, 11) is 0. The van der Waals surface area contributed by atoms with Gasteiger partial charge in [-0.3, -0.25) is 9.59 Å². The standard InChI is InChI=1S/C17H20N6O2/c1-2-5-15(24)18-13-8-10-14(11-9-13)23-21-16(20-22-23)17(25)19-12-6-3-4-7-12/h2,5,8-12H,3-4,6-7H2,1H3,(H,18,24)(H,19,25)/b5-2+. The maximum Gasteiger partial charge on any atom is 0.293 e. The molecule has 0 bridgehead atoms. The second-order valence-electron chi connectivity index (χ2n) is 5.89. The number of tetrazole rings is 1. The maximum absolute atomic E-state index is 12.1. The predicted molar refractivity (Wildman–Crippen MR) is 92.3 cm³/mol. The summed E-state index contributed by atoms with van der Waals surface area (Å²) < 4.78 is 0. The van der Waals surface area contributed by atoms with Crippen LogP contribution in [0.3, 0.4) is 0 Å². The molecule has 0 unspecified atom stereocenters. The van der Waals surface area contributed by atoms with Crippen LogP contribution in [0.1, 0.15) is 43.2 Å². The molecule has 8 nitrogen and oxygen atoms in total. The van der Waals surface area contributed by atoms with E-state index in [1.807, 2.05) is 0 Å². The number of anilines is 1. The number of benzene rings is 1. The lowest BCUT2D eigenvalue weighted by Gasteiger charge is -2.08. The van der Waals surface area contributed by atoms with Crippen LogP contribution in [0.4, 0.5) is 5.69 Å². The highest BCUT2D eigenvalue weighted by atomic mass is 16.2. The molecule has 1 aromatic heterocycles. The molecule has 2 amide bonds. The molecular weight excluding hydrogens is 320 g/mol. The van der Waals surface area contributed by atoms with Crippen LogP contribution in [-0.2, 0) is 4.79 Å². The Kier molecular flexibility index (Phi) is 5.17. The number of rotatable bonds is 5. The summed E-state index contributed by atoms with van der Waals surface area (Å²) >= 11 is 0. The molecule has 0 atom stereocenters. The highest BCUT2D eigenvalue weighted by Gasteiger charge is 2.20. The van der Waals surface area contributed by atoms with Gasteiger partial charge in [0.05, 0.1) is 5.69 Å². The van der Waals surface area contributed by atoms with Gasteiger partial charge in [0, 0.05) is 11.7 Å². The Hall–Kier alpha value is -3.03. The molecule has 8 heteroatoms. The average molecular weight is 340 g/mol. The number of amides is 2. The van der Waals surface area contributed by atoms with Gasteiger partial charge in [0.25, 0.3) is 11.7 Å². The molecule has 130 valence electrons. The zero-order chi connectivity index (χ0) is 17.6. The minimum absolute atomic E-state index is 0.0531. The summed E-state index contributed by atoms with van der Waals surface area (Å²) in [5, 5.41) is 17.5. The van der Waals surface area contributed by atoms with Crippen molar-refractivity contribution in [1.82, 2.24) is 25.5 Å². The Morgan fingerprint density at radius 3 is 2.60 bits per heavy atom. The Morgan fingerprint density at radius 1 is 1.20 bits per heavy atom. The van der Waals surface area contributed by atoms with Crippen molar-refractivity contribution in [3.63, 3.8) is 0 Å². The van der Waals surface area contributed by atoms with E-state index in [2.05, 4.69) is 26.0 Å². The summed E-state index contributed by atoms with van der Waals surface area (Å²) in [4.78, 5) is 24.9. The van der Waals surface area contributed by atoms with E-state index in [-0.39, 0.29) is 23.7 Å². The van der Waals surface area contributed by atoms with Crippen molar-refractivity contribution in [2.45, 2.75) is 38.6 Å². The molecule has 0 saturated heterocycles. The number of nitrogens with zero attached hydrogens (tertiary/aromatic N) is 4. The van der Waals surface area contributed by atoms with Gasteiger partial charge >= 0.3 is 0 Å². The summed E-state index contributed by atoms with van der Waals surface area (Å²) in [5.74, 6) is -0.439.